The molecule has 0 spiro atoms. The van der Waals surface area contributed by atoms with Crippen LogP contribution in [0.15, 0.2) is 0 Å². The molecule has 0 heterocycles. The van der Waals surface area contributed by atoms with Gasteiger partial charge in [-0.3, -0.25) is 0 Å². The van der Waals surface area contributed by atoms with Crippen LogP contribution in [0.3, 0.4) is 0 Å². The van der Waals surface area contributed by atoms with E-state index in [9.17, 15) is 13.2 Å². The molecule has 1 saturated carbocycles. The molecule has 0 saturated heterocycles. The van der Waals surface area contributed by atoms with Crippen LogP contribution >= 0.6 is 0 Å². The number of alkyl halides is 3. The maximum atomic E-state index is 12.4. The van der Waals surface area contributed by atoms with Crippen molar-refractivity contribution in [3.63, 3.8) is 0 Å². The van der Waals surface area contributed by atoms with Gasteiger partial charge in [0.2, 0.25) is 0 Å². The summed E-state index contributed by atoms with van der Waals surface area (Å²) in [6.07, 6.45) is 2.52. The molecule has 0 aromatic rings. The molecule has 0 aliphatic heterocycles. The molecule has 1 unspecified atom stereocenters. The van der Waals surface area contributed by atoms with Gasteiger partial charge in [0.1, 0.15) is 0 Å². The lowest BCUT2D eigenvalue weighted by molar-refractivity contribution is -0.137. The highest BCUT2D eigenvalue weighted by atomic mass is 19.4. The first kappa shape index (κ1) is 18.8. The van der Waals surface area contributed by atoms with E-state index in [4.69, 9.17) is 4.74 Å². The Bertz CT molecular complexity index is 273. The van der Waals surface area contributed by atoms with E-state index in [2.05, 4.69) is 5.32 Å². The van der Waals surface area contributed by atoms with E-state index in [0.717, 1.165) is 32.2 Å². The van der Waals surface area contributed by atoms with Gasteiger partial charge in [-0.1, -0.05) is 32.6 Å². The zero-order chi connectivity index (χ0) is 15.8. The molecule has 0 bridgehead atoms. The normalized spacial score (nSPS) is 21.0. The summed E-state index contributed by atoms with van der Waals surface area (Å²) in [5.41, 5.74) is -0.271. The molecule has 1 aliphatic rings. The summed E-state index contributed by atoms with van der Waals surface area (Å²) in [5.74, 6) is 0. The lowest BCUT2D eigenvalue weighted by atomic mass is 9.83. The van der Waals surface area contributed by atoms with E-state index in [-0.39, 0.29) is 18.1 Å². The van der Waals surface area contributed by atoms with Crippen LogP contribution < -0.4 is 5.32 Å². The van der Waals surface area contributed by atoms with E-state index in [1.54, 1.807) is 0 Å². The minimum atomic E-state index is -4.06. The van der Waals surface area contributed by atoms with Crippen LogP contribution in [0.1, 0.15) is 71.6 Å². The second-order valence-electron chi connectivity index (χ2n) is 6.03. The molecule has 2 nitrogen and oxygen atoms in total. The molecule has 0 aromatic carbocycles. The van der Waals surface area contributed by atoms with E-state index in [1.807, 2.05) is 13.8 Å². The zero-order valence-corrected chi connectivity index (χ0v) is 13.4. The number of halogens is 3. The van der Waals surface area contributed by atoms with E-state index >= 15 is 0 Å². The fraction of sp³-hybridized carbons (Fsp3) is 1.00. The number of rotatable bonds is 8. The summed E-state index contributed by atoms with van der Waals surface area (Å²) in [6, 6.07) is 0.0305. The van der Waals surface area contributed by atoms with E-state index in [0.29, 0.717) is 13.0 Å². The highest BCUT2D eigenvalue weighted by Crippen LogP contribution is 2.36. The van der Waals surface area contributed by atoms with Gasteiger partial charge in [-0.2, -0.15) is 13.2 Å². The Morgan fingerprint density at radius 1 is 1.10 bits per heavy atom. The molecule has 0 aromatic heterocycles. The second-order valence-corrected chi connectivity index (χ2v) is 6.03. The standard InChI is InChI=1S/C16H30F3NO/c1-3-20-14(10-9-13-16(17,18)19)15(21-4-2)11-7-5-6-8-12-15/h14,20H,3-13H2,1-2H3. The van der Waals surface area contributed by atoms with Crippen LogP contribution in [0, 0.1) is 0 Å². The number of nitrogens with one attached hydrogen (secondary N) is 1. The van der Waals surface area contributed by atoms with Crippen molar-refractivity contribution in [2.75, 3.05) is 13.2 Å². The highest BCUT2D eigenvalue weighted by Gasteiger charge is 2.39. The van der Waals surface area contributed by atoms with Crippen molar-refractivity contribution in [1.29, 1.82) is 0 Å². The Labute approximate surface area is 126 Å². The first-order valence-electron chi connectivity index (χ1n) is 8.37. The van der Waals surface area contributed by atoms with E-state index < -0.39 is 12.6 Å². The minimum Gasteiger partial charge on any atom is -0.374 e. The number of hydrogen-bond acceptors (Lipinski definition) is 2. The van der Waals surface area contributed by atoms with Crippen molar-refractivity contribution in [2.24, 2.45) is 0 Å². The molecule has 1 aliphatic carbocycles. The zero-order valence-electron chi connectivity index (χ0n) is 13.4. The average molecular weight is 309 g/mol. The molecule has 126 valence electrons. The van der Waals surface area contributed by atoms with Crippen LogP contribution in [0.5, 0.6) is 0 Å². The van der Waals surface area contributed by atoms with Crippen LogP contribution in [-0.2, 0) is 4.74 Å². The number of hydrogen-bond donors (Lipinski definition) is 1. The fourth-order valence-corrected chi connectivity index (χ4v) is 3.51. The quantitative estimate of drug-likeness (QED) is 0.649. The molecule has 1 fully saturated rings. The van der Waals surface area contributed by atoms with Gasteiger partial charge in [-0.25, -0.2) is 0 Å². The summed E-state index contributed by atoms with van der Waals surface area (Å²) < 4.78 is 43.3. The van der Waals surface area contributed by atoms with Gasteiger partial charge in [0, 0.05) is 19.1 Å². The molecule has 21 heavy (non-hydrogen) atoms. The largest absolute Gasteiger partial charge is 0.389 e. The van der Waals surface area contributed by atoms with Gasteiger partial charge in [-0.05, 0) is 39.2 Å². The van der Waals surface area contributed by atoms with Gasteiger partial charge in [0.15, 0.2) is 0 Å². The minimum absolute atomic E-state index is 0.0305. The first-order chi connectivity index (χ1) is 9.93. The summed E-state index contributed by atoms with van der Waals surface area (Å²) in [7, 11) is 0. The van der Waals surface area contributed by atoms with Gasteiger partial charge >= 0.3 is 6.18 Å². The number of ether oxygens (including phenoxy) is 1. The summed E-state index contributed by atoms with van der Waals surface area (Å²) in [4.78, 5) is 0. The number of likely N-dealkylation sites (N-methyl/N-ethyl adjacent to an activating group) is 1. The molecule has 1 rings (SSSR count). The van der Waals surface area contributed by atoms with Crippen molar-refractivity contribution in [3.8, 4) is 0 Å². The van der Waals surface area contributed by atoms with Crippen LogP contribution in [-0.4, -0.2) is 31.0 Å². The van der Waals surface area contributed by atoms with Gasteiger partial charge in [0.05, 0.1) is 5.60 Å². The molecule has 0 amide bonds. The molecule has 5 heteroatoms. The van der Waals surface area contributed by atoms with Crippen LogP contribution in [0.25, 0.3) is 0 Å². The molecule has 1 atom stereocenters. The first-order valence-corrected chi connectivity index (χ1v) is 8.37. The van der Waals surface area contributed by atoms with Crippen LogP contribution in [0.2, 0.25) is 0 Å². The van der Waals surface area contributed by atoms with E-state index in [1.165, 1.54) is 12.8 Å². The molecule has 0 radical (unpaired) electrons. The average Bonchev–Trinajstić information content (AvgIpc) is 2.63. The predicted octanol–water partition coefficient (Wildman–Crippen LogP) is 4.83. The fourth-order valence-electron chi connectivity index (χ4n) is 3.51. The third-order valence-corrected chi connectivity index (χ3v) is 4.42. The topological polar surface area (TPSA) is 21.3 Å². The smallest absolute Gasteiger partial charge is 0.374 e. The lowest BCUT2D eigenvalue weighted by Crippen LogP contribution is -2.52. The monoisotopic (exact) mass is 309 g/mol. The van der Waals surface area contributed by atoms with Crippen molar-refractivity contribution in [3.05, 3.63) is 0 Å². The molecular weight excluding hydrogens is 279 g/mol. The Balaban J connectivity index is 2.71. The summed E-state index contributed by atoms with van der Waals surface area (Å²) in [5, 5.41) is 3.40. The Morgan fingerprint density at radius 3 is 2.19 bits per heavy atom. The SMILES string of the molecule is CCNC(CCCC(F)(F)F)C1(OCC)CCCCCC1. The second kappa shape index (κ2) is 8.99. The summed E-state index contributed by atoms with van der Waals surface area (Å²) >= 11 is 0. The Kier molecular flexibility index (Phi) is 8.03. The predicted molar refractivity (Wildman–Crippen MR) is 79.4 cm³/mol. The third-order valence-electron chi connectivity index (χ3n) is 4.42. The van der Waals surface area contributed by atoms with Crippen LogP contribution in [0.4, 0.5) is 13.2 Å². The Hall–Kier alpha value is -0.290. The van der Waals surface area contributed by atoms with Crippen molar-refractivity contribution in [1.82, 2.24) is 5.32 Å². The highest BCUT2D eigenvalue weighted by molar-refractivity contribution is 4.94. The van der Waals surface area contributed by atoms with Gasteiger partial charge < -0.3 is 10.1 Å². The lowest BCUT2D eigenvalue weighted by Gasteiger charge is -2.41. The van der Waals surface area contributed by atoms with Crippen molar-refractivity contribution >= 4 is 0 Å². The maximum Gasteiger partial charge on any atom is 0.389 e. The molecular formula is C16H30F3NO. The van der Waals surface area contributed by atoms with Crippen molar-refractivity contribution < 1.29 is 17.9 Å². The van der Waals surface area contributed by atoms with Crippen molar-refractivity contribution in [2.45, 2.75) is 89.5 Å². The molecule has 1 N–H and O–H groups in total. The third kappa shape index (κ3) is 6.55. The Morgan fingerprint density at radius 2 is 1.71 bits per heavy atom. The van der Waals surface area contributed by atoms with Gasteiger partial charge in [0.25, 0.3) is 0 Å². The summed E-state index contributed by atoms with van der Waals surface area (Å²) in [6.45, 7) is 5.38. The van der Waals surface area contributed by atoms with Gasteiger partial charge in [-0.15, -0.1) is 0 Å². The maximum absolute atomic E-state index is 12.4.